The summed E-state index contributed by atoms with van der Waals surface area (Å²) in [5.41, 5.74) is 2.47. The molecule has 1 amide bonds. The van der Waals surface area contributed by atoms with E-state index in [2.05, 4.69) is 10.3 Å². The van der Waals surface area contributed by atoms with Crippen molar-refractivity contribution in [1.29, 1.82) is 0 Å². The van der Waals surface area contributed by atoms with Crippen molar-refractivity contribution in [2.45, 2.75) is 13.0 Å². The summed E-state index contributed by atoms with van der Waals surface area (Å²) in [4.78, 5) is 16.2. The summed E-state index contributed by atoms with van der Waals surface area (Å²) in [5, 5.41) is 3.20. The minimum absolute atomic E-state index is 0.248. The second kappa shape index (κ2) is 8.76. The van der Waals surface area contributed by atoms with Crippen molar-refractivity contribution in [3.05, 3.63) is 94.8 Å². The van der Waals surface area contributed by atoms with E-state index in [1.807, 2.05) is 37.3 Å². The van der Waals surface area contributed by atoms with Crippen molar-refractivity contribution >= 4 is 23.6 Å². The number of benzene rings is 2. The topological polar surface area (TPSA) is 42.0 Å². The van der Waals surface area contributed by atoms with Crippen LogP contribution in [0.1, 0.15) is 24.1 Å². The molecule has 0 saturated carbocycles. The van der Waals surface area contributed by atoms with Gasteiger partial charge in [0.1, 0.15) is 16.8 Å². The Balaban J connectivity index is 1.71. The normalized spacial score (nSPS) is 12.1. The molecule has 0 radical (unpaired) electrons. The molecule has 0 saturated heterocycles. The van der Waals surface area contributed by atoms with Crippen molar-refractivity contribution in [3.63, 3.8) is 0 Å². The van der Waals surface area contributed by atoms with Crippen LogP contribution in [-0.2, 0) is 4.79 Å². The maximum absolute atomic E-state index is 13.6. The number of nitrogens with one attached hydrogen (secondary N) is 1. The Bertz CT molecular complexity index is 999. The first-order valence-corrected chi connectivity index (χ1v) is 8.96. The van der Waals surface area contributed by atoms with Crippen LogP contribution in [0.5, 0.6) is 0 Å². The third kappa shape index (κ3) is 4.81. The van der Waals surface area contributed by atoms with E-state index in [0.717, 1.165) is 41.0 Å². The molecule has 0 aliphatic heterocycles. The Hall–Kier alpha value is -3.05. The van der Waals surface area contributed by atoms with Crippen LogP contribution >= 0.6 is 11.6 Å². The van der Waals surface area contributed by atoms with Gasteiger partial charge in [-0.25, -0.2) is 13.8 Å². The van der Waals surface area contributed by atoms with Gasteiger partial charge >= 0.3 is 0 Å². The maximum Gasteiger partial charge on any atom is 0.244 e. The Morgan fingerprint density at radius 2 is 1.79 bits per heavy atom. The number of rotatable bonds is 5. The van der Waals surface area contributed by atoms with Gasteiger partial charge in [0.15, 0.2) is 0 Å². The predicted octanol–water partition coefficient (Wildman–Crippen LogP) is 5.57. The summed E-state index contributed by atoms with van der Waals surface area (Å²) in [5.74, 6) is -1.89. The van der Waals surface area contributed by atoms with Crippen LogP contribution in [0.2, 0.25) is 5.15 Å². The highest BCUT2D eigenvalue weighted by Gasteiger charge is 2.10. The standard InChI is InChI=1S/C22H17ClF2N2O/c1-14(27-22(28)11-9-18-19(24)6-3-7-20(18)25)15-4-2-5-16(12-15)17-8-10-21(23)26-13-17/h2-14H,1H3,(H,27,28)/b11-9-/t14-/m0/s1. The molecule has 142 valence electrons. The lowest BCUT2D eigenvalue weighted by molar-refractivity contribution is -0.117. The highest BCUT2D eigenvalue weighted by Crippen LogP contribution is 2.23. The number of hydrogen-bond donors (Lipinski definition) is 1. The maximum atomic E-state index is 13.6. The molecule has 3 rings (SSSR count). The van der Waals surface area contributed by atoms with Crippen molar-refractivity contribution in [2.24, 2.45) is 0 Å². The number of pyridine rings is 1. The average Bonchev–Trinajstić information content (AvgIpc) is 2.68. The molecule has 0 spiro atoms. The first kappa shape index (κ1) is 19.7. The average molecular weight is 399 g/mol. The fraction of sp³-hybridized carbons (Fsp3) is 0.0909. The van der Waals surface area contributed by atoms with Crippen molar-refractivity contribution < 1.29 is 13.6 Å². The summed E-state index contributed by atoms with van der Waals surface area (Å²) in [6.07, 6.45) is 3.92. The Labute approximate surface area is 166 Å². The Kier molecular flexibility index (Phi) is 6.16. The molecule has 1 aromatic heterocycles. The van der Waals surface area contributed by atoms with Gasteiger partial charge in [0.2, 0.25) is 5.91 Å². The number of carbonyl (C=O) groups is 1. The summed E-state index contributed by atoms with van der Waals surface area (Å²) in [6, 6.07) is 14.5. The van der Waals surface area contributed by atoms with Gasteiger partial charge in [0.05, 0.1) is 6.04 Å². The first-order valence-electron chi connectivity index (χ1n) is 8.58. The second-order valence-electron chi connectivity index (χ2n) is 6.19. The van der Waals surface area contributed by atoms with E-state index in [4.69, 9.17) is 11.6 Å². The smallest absolute Gasteiger partial charge is 0.244 e. The lowest BCUT2D eigenvalue weighted by Crippen LogP contribution is -2.24. The minimum atomic E-state index is -0.721. The summed E-state index contributed by atoms with van der Waals surface area (Å²) >= 11 is 5.82. The molecule has 28 heavy (non-hydrogen) atoms. The molecular formula is C22H17ClF2N2O. The molecule has 1 N–H and O–H groups in total. The lowest BCUT2D eigenvalue weighted by Gasteiger charge is -2.14. The molecule has 3 aromatic rings. The minimum Gasteiger partial charge on any atom is -0.346 e. The molecule has 0 fully saturated rings. The highest BCUT2D eigenvalue weighted by atomic mass is 35.5. The summed E-state index contributed by atoms with van der Waals surface area (Å²) in [7, 11) is 0. The van der Waals surface area contributed by atoms with E-state index in [9.17, 15) is 13.6 Å². The molecule has 0 bridgehead atoms. The number of hydrogen-bond acceptors (Lipinski definition) is 2. The second-order valence-corrected chi connectivity index (χ2v) is 6.58. The van der Waals surface area contributed by atoms with Gasteiger partial charge in [-0.3, -0.25) is 4.79 Å². The van der Waals surface area contributed by atoms with E-state index in [1.165, 1.54) is 6.07 Å². The molecule has 6 heteroatoms. The van der Waals surface area contributed by atoms with Crippen molar-refractivity contribution in [2.75, 3.05) is 0 Å². The summed E-state index contributed by atoms with van der Waals surface area (Å²) < 4.78 is 27.2. The van der Waals surface area contributed by atoms with E-state index >= 15 is 0 Å². The van der Waals surface area contributed by atoms with Crippen LogP contribution in [0.25, 0.3) is 17.2 Å². The zero-order valence-electron chi connectivity index (χ0n) is 15.0. The third-order valence-electron chi connectivity index (χ3n) is 4.21. The zero-order chi connectivity index (χ0) is 20.1. The SMILES string of the molecule is C[C@H](NC(=O)/C=C\c1c(F)cccc1F)c1cccc(-c2ccc(Cl)nc2)c1. The number of carbonyl (C=O) groups excluding carboxylic acids is 1. The van der Waals surface area contributed by atoms with E-state index in [0.29, 0.717) is 5.15 Å². The predicted molar refractivity (Wildman–Crippen MR) is 107 cm³/mol. The van der Waals surface area contributed by atoms with Gasteiger partial charge < -0.3 is 5.32 Å². The van der Waals surface area contributed by atoms with E-state index < -0.39 is 17.5 Å². The molecule has 0 aliphatic carbocycles. The van der Waals surface area contributed by atoms with Crippen LogP contribution in [0.4, 0.5) is 8.78 Å². The Morgan fingerprint density at radius 3 is 2.46 bits per heavy atom. The number of halogens is 3. The van der Waals surface area contributed by atoms with Crippen LogP contribution in [0.3, 0.4) is 0 Å². The summed E-state index contributed by atoms with van der Waals surface area (Å²) in [6.45, 7) is 1.83. The quantitative estimate of drug-likeness (QED) is 0.451. The fourth-order valence-electron chi connectivity index (χ4n) is 2.71. The molecule has 1 heterocycles. The zero-order valence-corrected chi connectivity index (χ0v) is 15.8. The lowest BCUT2D eigenvalue weighted by atomic mass is 10.0. The van der Waals surface area contributed by atoms with Crippen LogP contribution in [0.15, 0.2) is 66.9 Å². The molecular weight excluding hydrogens is 382 g/mol. The number of amides is 1. The molecule has 0 unspecified atom stereocenters. The van der Waals surface area contributed by atoms with Gasteiger partial charge in [-0.2, -0.15) is 0 Å². The van der Waals surface area contributed by atoms with Crippen LogP contribution in [-0.4, -0.2) is 10.9 Å². The van der Waals surface area contributed by atoms with Gasteiger partial charge in [0, 0.05) is 23.4 Å². The largest absolute Gasteiger partial charge is 0.346 e. The fourth-order valence-corrected chi connectivity index (χ4v) is 2.82. The molecule has 3 nitrogen and oxygen atoms in total. The van der Waals surface area contributed by atoms with E-state index in [1.54, 1.807) is 12.3 Å². The Morgan fingerprint density at radius 1 is 1.07 bits per heavy atom. The van der Waals surface area contributed by atoms with Crippen molar-refractivity contribution in [3.8, 4) is 11.1 Å². The monoisotopic (exact) mass is 398 g/mol. The van der Waals surface area contributed by atoms with E-state index in [-0.39, 0.29) is 11.6 Å². The van der Waals surface area contributed by atoms with Crippen LogP contribution in [0, 0.1) is 11.6 Å². The molecule has 1 atom stereocenters. The van der Waals surface area contributed by atoms with Gasteiger partial charge in [-0.1, -0.05) is 35.9 Å². The van der Waals surface area contributed by atoms with Gasteiger partial charge in [-0.15, -0.1) is 0 Å². The van der Waals surface area contributed by atoms with Gasteiger partial charge in [0.25, 0.3) is 0 Å². The first-order chi connectivity index (χ1) is 13.4. The molecule has 0 aliphatic rings. The molecule has 2 aromatic carbocycles. The number of nitrogens with zero attached hydrogens (tertiary/aromatic N) is 1. The third-order valence-corrected chi connectivity index (χ3v) is 4.43. The van der Waals surface area contributed by atoms with Crippen molar-refractivity contribution in [1.82, 2.24) is 10.3 Å². The van der Waals surface area contributed by atoms with Crippen LogP contribution < -0.4 is 5.32 Å². The van der Waals surface area contributed by atoms with Gasteiger partial charge in [-0.05, 0) is 54.5 Å². The highest BCUT2D eigenvalue weighted by molar-refractivity contribution is 6.29. The number of aromatic nitrogens is 1.